The van der Waals surface area contributed by atoms with Gasteiger partial charge in [-0.3, -0.25) is 0 Å². The first-order valence-corrected chi connectivity index (χ1v) is 5.96. The molecule has 1 rings (SSSR count). The third kappa shape index (κ3) is 2.70. The van der Waals surface area contributed by atoms with Gasteiger partial charge < -0.3 is 10.2 Å². The SMILES string of the molecule is Cc1occc1S(=O)(=O)C(F)(F)C(F)=CCN.Cl. The number of hydrogen-bond donors (Lipinski definition) is 1. The molecule has 0 aliphatic carbocycles. The minimum atomic E-state index is -5.17. The van der Waals surface area contributed by atoms with Crippen LogP contribution in [0.4, 0.5) is 13.2 Å². The quantitative estimate of drug-likeness (QED) is 0.925. The van der Waals surface area contributed by atoms with Crippen molar-refractivity contribution in [1.82, 2.24) is 0 Å². The zero-order valence-corrected chi connectivity index (χ0v) is 10.8. The van der Waals surface area contributed by atoms with Crippen molar-refractivity contribution in [3.8, 4) is 0 Å². The van der Waals surface area contributed by atoms with Crippen LogP contribution in [0.25, 0.3) is 0 Å². The van der Waals surface area contributed by atoms with E-state index in [1.165, 1.54) is 6.92 Å². The normalized spacial score (nSPS) is 13.3. The molecule has 0 radical (unpaired) electrons. The smallest absolute Gasteiger partial charge is 0.400 e. The lowest BCUT2D eigenvalue weighted by molar-refractivity contribution is 0.105. The van der Waals surface area contributed by atoms with Gasteiger partial charge in [0.1, 0.15) is 10.7 Å². The maximum Gasteiger partial charge on any atom is 0.400 e. The van der Waals surface area contributed by atoms with Gasteiger partial charge in [0.25, 0.3) is 9.84 Å². The number of sulfone groups is 1. The van der Waals surface area contributed by atoms with Crippen molar-refractivity contribution in [1.29, 1.82) is 0 Å². The zero-order valence-electron chi connectivity index (χ0n) is 9.19. The lowest BCUT2D eigenvalue weighted by Gasteiger charge is -2.14. The van der Waals surface area contributed by atoms with Gasteiger partial charge in [0, 0.05) is 6.54 Å². The maximum absolute atomic E-state index is 13.4. The van der Waals surface area contributed by atoms with Gasteiger partial charge >= 0.3 is 5.25 Å². The van der Waals surface area contributed by atoms with Crippen molar-refractivity contribution < 1.29 is 26.0 Å². The second kappa shape index (κ2) is 5.77. The Bertz CT molecular complexity index is 539. The fraction of sp³-hybridized carbons (Fsp3) is 0.333. The topological polar surface area (TPSA) is 73.3 Å². The third-order valence-corrected chi connectivity index (χ3v) is 3.89. The minimum Gasteiger partial charge on any atom is -0.468 e. The van der Waals surface area contributed by atoms with Gasteiger partial charge in [-0.15, -0.1) is 12.4 Å². The summed E-state index contributed by atoms with van der Waals surface area (Å²) in [7, 11) is -5.17. The maximum atomic E-state index is 13.4. The Morgan fingerprint density at radius 3 is 2.50 bits per heavy atom. The van der Waals surface area contributed by atoms with Gasteiger partial charge in [-0.1, -0.05) is 0 Å². The van der Waals surface area contributed by atoms with E-state index in [1.54, 1.807) is 0 Å². The highest BCUT2D eigenvalue weighted by Gasteiger charge is 2.51. The summed E-state index contributed by atoms with van der Waals surface area (Å²) in [5.74, 6) is -2.33. The lowest BCUT2D eigenvalue weighted by Crippen LogP contribution is -2.30. The van der Waals surface area contributed by atoms with Crippen LogP contribution in [0, 0.1) is 6.92 Å². The fourth-order valence-electron chi connectivity index (χ4n) is 1.14. The molecule has 4 nitrogen and oxygen atoms in total. The monoisotopic (exact) mass is 305 g/mol. The Hall–Kier alpha value is -0.990. The van der Waals surface area contributed by atoms with Crippen molar-refractivity contribution in [3.05, 3.63) is 30.0 Å². The molecule has 0 aromatic carbocycles. The van der Waals surface area contributed by atoms with Crippen LogP contribution in [0.15, 0.2) is 33.5 Å². The van der Waals surface area contributed by atoms with Gasteiger partial charge in [0.2, 0.25) is 0 Å². The molecule has 0 amide bonds. The van der Waals surface area contributed by atoms with Crippen LogP contribution in [0.2, 0.25) is 0 Å². The molecule has 1 aromatic heterocycles. The molecule has 0 fully saturated rings. The molecule has 0 aliphatic heterocycles. The highest BCUT2D eigenvalue weighted by atomic mass is 35.5. The Morgan fingerprint density at radius 1 is 1.56 bits per heavy atom. The van der Waals surface area contributed by atoms with Gasteiger partial charge in [-0.25, -0.2) is 12.8 Å². The van der Waals surface area contributed by atoms with Crippen LogP contribution in [-0.4, -0.2) is 20.2 Å². The summed E-state index contributed by atoms with van der Waals surface area (Å²) in [5, 5.41) is -4.65. The molecule has 18 heavy (non-hydrogen) atoms. The van der Waals surface area contributed by atoms with E-state index in [1.807, 2.05) is 0 Å². The molecular formula is C9H11ClF3NO3S. The fourth-order valence-corrected chi connectivity index (χ4v) is 2.42. The van der Waals surface area contributed by atoms with Crippen molar-refractivity contribution in [2.75, 3.05) is 6.54 Å². The van der Waals surface area contributed by atoms with Crippen LogP contribution in [-0.2, 0) is 9.84 Å². The number of furan rings is 1. The summed E-state index contributed by atoms with van der Waals surface area (Å²) in [6.45, 7) is 0.662. The van der Waals surface area contributed by atoms with Crippen LogP contribution >= 0.6 is 12.4 Å². The van der Waals surface area contributed by atoms with Crippen LogP contribution in [0.3, 0.4) is 0 Å². The second-order valence-corrected chi connectivity index (χ2v) is 5.11. The summed E-state index contributed by atoms with van der Waals surface area (Å²) in [6, 6.07) is 0.842. The Balaban J connectivity index is 0.00000289. The molecule has 0 bridgehead atoms. The lowest BCUT2D eigenvalue weighted by atomic mass is 10.5. The van der Waals surface area contributed by atoms with E-state index in [-0.39, 0.29) is 18.2 Å². The molecule has 1 aromatic rings. The van der Waals surface area contributed by atoms with Crippen LogP contribution < -0.4 is 5.73 Å². The second-order valence-electron chi connectivity index (χ2n) is 3.15. The van der Waals surface area contributed by atoms with E-state index in [0.717, 1.165) is 12.3 Å². The zero-order chi connectivity index (χ0) is 13.3. The number of alkyl halides is 2. The first-order chi connectivity index (χ1) is 7.75. The van der Waals surface area contributed by atoms with Gasteiger partial charge in [0.15, 0.2) is 5.83 Å². The van der Waals surface area contributed by atoms with Crippen molar-refractivity contribution in [2.45, 2.75) is 17.1 Å². The van der Waals surface area contributed by atoms with Crippen molar-refractivity contribution in [3.63, 3.8) is 0 Å². The van der Waals surface area contributed by atoms with Gasteiger partial charge in [0.05, 0.1) is 6.26 Å². The largest absolute Gasteiger partial charge is 0.468 e. The molecule has 104 valence electrons. The van der Waals surface area contributed by atoms with E-state index < -0.39 is 32.4 Å². The van der Waals surface area contributed by atoms with Gasteiger partial charge in [-0.2, -0.15) is 8.78 Å². The van der Waals surface area contributed by atoms with E-state index >= 15 is 0 Å². The summed E-state index contributed by atoms with van der Waals surface area (Å²) < 4.78 is 67.5. The summed E-state index contributed by atoms with van der Waals surface area (Å²) in [4.78, 5) is -0.747. The highest BCUT2D eigenvalue weighted by Crippen LogP contribution is 2.37. The number of aryl methyl sites for hydroxylation is 1. The number of nitrogens with two attached hydrogens (primary N) is 1. The Kier molecular flexibility index (Phi) is 5.45. The molecule has 9 heteroatoms. The number of halogens is 4. The predicted molar refractivity (Wildman–Crippen MR) is 61.1 cm³/mol. The molecule has 0 atom stereocenters. The average Bonchev–Trinajstić information content (AvgIpc) is 2.65. The van der Waals surface area contributed by atoms with E-state index in [4.69, 9.17) is 5.73 Å². The van der Waals surface area contributed by atoms with Crippen molar-refractivity contribution >= 4 is 22.2 Å². The van der Waals surface area contributed by atoms with Gasteiger partial charge in [-0.05, 0) is 19.1 Å². The molecule has 0 saturated heterocycles. The molecule has 0 unspecified atom stereocenters. The van der Waals surface area contributed by atoms with Crippen molar-refractivity contribution in [2.24, 2.45) is 5.73 Å². The molecule has 1 heterocycles. The first kappa shape index (κ1) is 17.0. The molecule has 0 saturated carbocycles. The highest BCUT2D eigenvalue weighted by molar-refractivity contribution is 7.92. The third-order valence-electron chi connectivity index (χ3n) is 2.01. The average molecular weight is 306 g/mol. The van der Waals surface area contributed by atoms with Crippen LogP contribution in [0.1, 0.15) is 5.76 Å². The van der Waals surface area contributed by atoms with E-state index in [0.29, 0.717) is 6.08 Å². The van der Waals surface area contributed by atoms with Crippen LogP contribution in [0.5, 0.6) is 0 Å². The molecule has 0 aliphatic rings. The Morgan fingerprint density at radius 2 is 2.11 bits per heavy atom. The van der Waals surface area contributed by atoms with E-state index in [9.17, 15) is 21.6 Å². The Labute approximate surface area is 108 Å². The number of hydrogen-bond acceptors (Lipinski definition) is 4. The first-order valence-electron chi connectivity index (χ1n) is 4.48. The predicted octanol–water partition coefficient (Wildman–Crippen LogP) is 2.19. The molecule has 2 N–H and O–H groups in total. The standard InChI is InChI=1S/C9H10F3NO3S.ClH/c1-6-7(3-5-16-6)17(14,15)9(11,12)8(10)2-4-13;/h2-3,5H,4,13H2,1H3;1H. The summed E-state index contributed by atoms with van der Waals surface area (Å²) in [5.41, 5.74) is 4.85. The molecule has 0 spiro atoms. The number of rotatable bonds is 4. The summed E-state index contributed by atoms with van der Waals surface area (Å²) in [6.07, 6.45) is 1.25. The summed E-state index contributed by atoms with van der Waals surface area (Å²) >= 11 is 0. The van der Waals surface area contributed by atoms with E-state index in [2.05, 4.69) is 4.42 Å². The molecular weight excluding hydrogens is 295 g/mol. The minimum absolute atomic E-state index is 0.